The van der Waals surface area contributed by atoms with Crippen LogP contribution in [0.2, 0.25) is 0 Å². The number of allylic oxidation sites excluding steroid dienone is 1. The van der Waals surface area contributed by atoms with Crippen molar-refractivity contribution < 1.29 is 9.53 Å². The van der Waals surface area contributed by atoms with Gasteiger partial charge >= 0.3 is 5.97 Å². The Morgan fingerprint density at radius 2 is 2.57 bits per heavy atom. The Labute approximate surface area is 81.3 Å². The van der Waals surface area contributed by atoms with E-state index in [9.17, 15) is 4.79 Å². The molecule has 2 heterocycles. The fourth-order valence-electron chi connectivity index (χ4n) is 1.49. The highest BCUT2D eigenvalue weighted by molar-refractivity contribution is 5.92. The lowest BCUT2D eigenvalue weighted by atomic mass is 9.97. The molecule has 1 aromatic rings. The van der Waals surface area contributed by atoms with Crippen LogP contribution in [0.15, 0.2) is 36.8 Å². The third-order valence-corrected chi connectivity index (χ3v) is 2.18. The molecule has 4 heteroatoms. The van der Waals surface area contributed by atoms with E-state index in [4.69, 9.17) is 4.74 Å². The van der Waals surface area contributed by atoms with Crippen molar-refractivity contribution in [2.75, 3.05) is 6.61 Å². The van der Waals surface area contributed by atoms with Gasteiger partial charge in [-0.3, -0.25) is 0 Å². The quantitative estimate of drug-likeness (QED) is 0.574. The Balaban J connectivity index is 2.31. The van der Waals surface area contributed by atoms with Crippen LogP contribution in [-0.2, 0) is 9.53 Å². The smallest absolute Gasteiger partial charge is 0.335 e. The van der Waals surface area contributed by atoms with Crippen molar-refractivity contribution in [3.05, 3.63) is 42.5 Å². The van der Waals surface area contributed by atoms with Crippen molar-refractivity contribution in [1.29, 1.82) is 0 Å². The van der Waals surface area contributed by atoms with Crippen molar-refractivity contribution in [3.8, 4) is 0 Å². The van der Waals surface area contributed by atoms with E-state index in [2.05, 4.69) is 16.5 Å². The second kappa shape index (κ2) is 3.49. The van der Waals surface area contributed by atoms with Gasteiger partial charge in [0.25, 0.3) is 0 Å². The fourth-order valence-corrected chi connectivity index (χ4v) is 1.49. The van der Waals surface area contributed by atoms with Crippen LogP contribution in [0, 0.1) is 0 Å². The normalized spacial score (nSPS) is 17.4. The molecule has 1 unspecified atom stereocenters. The Morgan fingerprint density at radius 1 is 1.71 bits per heavy atom. The van der Waals surface area contributed by atoms with Crippen LogP contribution in [-0.4, -0.2) is 22.5 Å². The number of hydrogen-bond donors (Lipinski definition) is 1. The van der Waals surface area contributed by atoms with E-state index < -0.39 is 0 Å². The molecule has 0 saturated carbocycles. The summed E-state index contributed by atoms with van der Waals surface area (Å²) in [5.41, 5.74) is 1.48. The Hall–Kier alpha value is -1.84. The van der Waals surface area contributed by atoms with Crippen LogP contribution in [0.25, 0.3) is 0 Å². The molecule has 1 N–H and O–H groups in total. The van der Waals surface area contributed by atoms with E-state index in [1.54, 1.807) is 24.7 Å². The molecule has 1 atom stereocenters. The molecule has 0 amide bonds. The minimum Gasteiger partial charge on any atom is -0.458 e. The van der Waals surface area contributed by atoms with Crippen LogP contribution in [0.5, 0.6) is 0 Å². The predicted octanol–water partition coefficient (Wildman–Crippen LogP) is 1.16. The number of esters is 1. The maximum absolute atomic E-state index is 11.3. The lowest BCUT2D eigenvalue weighted by molar-refractivity contribution is -0.136. The molecular formula is C10H10N2O2. The van der Waals surface area contributed by atoms with Crippen LogP contribution in [0.4, 0.5) is 0 Å². The lowest BCUT2D eigenvalue weighted by Gasteiger charge is -2.08. The number of carbonyl (C=O) groups excluding carboxylic acids is 1. The molecule has 72 valence electrons. The van der Waals surface area contributed by atoms with Gasteiger partial charge in [-0.05, 0) is 6.08 Å². The van der Waals surface area contributed by atoms with Gasteiger partial charge in [-0.2, -0.15) is 0 Å². The first-order valence-corrected chi connectivity index (χ1v) is 4.31. The topological polar surface area (TPSA) is 55.0 Å². The van der Waals surface area contributed by atoms with E-state index in [-0.39, 0.29) is 11.9 Å². The summed E-state index contributed by atoms with van der Waals surface area (Å²) in [4.78, 5) is 18.2. The molecule has 0 aromatic carbocycles. The molecule has 0 aliphatic carbocycles. The fraction of sp³-hybridized carbons (Fsp3) is 0.200. The standard InChI is InChI=1S/C10H10N2O2/c1-2-7(9-5-11-6-12-9)8-3-4-14-10(8)13/h2-3,5-7H,1,4H2,(H,11,12). The first-order valence-electron chi connectivity index (χ1n) is 4.31. The van der Waals surface area contributed by atoms with Gasteiger partial charge in [0.05, 0.1) is 12.2 Å². The number of hydrogen-bond acceptors (Lipinski definition) is 3. The zero-order valence-corrected chi connectivity index (χ0v) is 7.56. The molecule has 14 heavy (non-hydrogen) atoms. The highest BCUT2D eigenvalue weighted by atomic mass is 16.5. The molecule has 1 aliphatic heterocycles. The number of aromatic nitrogens is 2. The van der Waals surface area contributed by atoms with E-state index >= 15 is 0 Å². The minimum absolute atomic E-state index is 0.146. The molecule has 1 aliphatic rings. The number of aromatic amines is 1. The Morgan fingerprint density at radius 3 is 3.07 bits per heavy atom. The SMILES string of the molecule is C=CC(C1=CCOC1=O)c1cnc[nH]1. The van der Waals surface area contributed by atoms with Gasteiger partial charge in [0.1, 0.15) is 6.61 Å². The Kier molecular flexibility index (Phi) is 2.18. The number of imidazole rings is 1. The molecular weight excluding hydrogens is 180 g/mol. The van der Waals surface area contributed by atoms with Gasteiger partial charge in [0.15, 0.2) is 0 Å². The zero-order chi connectivity index (χ0) is 9.97. The highest BCUT2D eigenvalue weighted by Crippen LogP contribution is 2.26. The summed E-state index contributed by atoms with van der Waals surface area (Å²) >= 11 is 0. The molecule has 1 aromatic heterocycles. The van der Waals surface area contributed by atoms with Crippen LogP contribution < -0.4 is 0 Å². The van der Waals surface area contributed by atoms with Crippen molar-refractivity contribution in [2.24, 2.45) is 0 Å². The average molecular weight is 190 g/mol. The summed E-state index contributed by atoms with van der Waals surface area (Å²) in [5, 5.41) is 0. The van der Waals surface area contributed by atoms with E-state index in [1.165, 1.54) is 0 Å². The average Bonchev–Trinajstić information content (AvgIpc) is 2.80. The summed E-state index contributed by atoms with van der Waals surface area (Å²) in [6.07, 6.45) is 6.73. The number of cyclic esters (lactones) is 1. The van der Waals surface area contributed by atoms with Crippen LogP contribution in [0.1, 0.15) is 11.6 Å². The summed E-state index contributed by atoms with van der Waals surface area (Å²) in [6, 6.07) is 0. The van der Waals surface area contributed by atoms with E-state index in [1.807, 2.05) is 0 Å². The number of carbonyl (C=O) groups is 1. The van der Waals surface area contributed by atoms with E-state index in [0.717, 1.165) is 5.69 Å². The minimum atomic E-state index is -0.274. The first kappa shape index (κ1) is 8.74. The number of nitrogens with zero attached hydrogens (tertiary/aromatic N) is 1. The van der Waals surface area contributed by atoms with Crippen molar-refractivity contribution in [1.82, 2.24) is 9.97 Å². The van der Waals surface area contributed by atoms with Crippen molar-refractivity contribution >= 4 is 5.97 Å². The number of ether oxygens (including phenoxy) is 1. The second-order valence-electron chi connectivity index (χ2n) is 2.98. The van der Waals surface area contributed by atoms with Crippen LogP contribution >= 0.6 is 0 Å². The largest absolute Gasteiger partial charge is 0.458 e. The lowest BCUT2D eigenvalue weighted by Crippen LogP contribution is -2.07. The summed E-state index contributed by atoms with van der Waals surface area (Å²) < 4.78 is 4.83. The first-order chi connectivity index (χ1) is 6.83. The van der Waals surface area contributed by atoms with Gasteiger partial charge in [-0.1, -0.05) is 6.08 Å². The molecule has 0 saturated heterocycles. The maximum Gasteiger partial charge on any atom is 0.335 e. The molecule has 0 bridgehead atoms. The molecule has 0 radical (unpaired) electrons. The second-order valence-corrected chi connectivity index (χ2v) is 2.98. The number of H-pyrrole nitrogens is 1. The summed E-state index contributed by atoms with van der Waals surface area (Å²) in [6.45, 7) is 4.05. The van der Waals surface area contributed by atoms with Crippen molar-refractivity contribution in [2.45, 2.75) is 5.92 Å². The van der Waals surface area contributed by atoms with Crippen LogP contribution in [0.3, 0.4) is 0 Å². The summed E-state index contributed by atoms with van der Waals surface area (Å²) in [5.74, 6) is -0.419. The number of nitrogens with one attached hydrogen (secondary N) is 1. The zero-order valence-electron chi connectivity index (χ0n) is 7.56. The van der Waals surface area contributed by atoms with Gasteiger partial charge in [0.2, 0.25) is 0 Å². The summed E-state index contributed by atoms with van der Waals surface area (Å²) in [7, 11) is 0. The third-order valence-electron chi connectivity index (χ3n) is 2.18. The number of rotatable bonds is 3. The maximum atomic E-state index is 11.3. The molecule has 0 spiro atoms. The molecule has 2 rings (SSSR count). The molecule has 0 fully saturated rings. The Bertz CT molecular complexity index is 379. The highest BCUT2D eigenvalue weighted by Gasteiger charge is 2.25. The molecule has 4 nitrogen and oxygen atoms in total. The predicted molar refractivity (Wildman–Crippen MR) is 50.6 cm³/mol. The van der Waals surface area contributed by atoms with Gasteiger partial charge in [0, 0.05) is 17.5 Å². The monoisotopic (exact) mass is 190 g/mol. The van der Waals surface area contributed by atoms with Crippen molar-refractivity contribution in [3.63, 3.8) is 0 Å². The van der Waals surface area contributed by atoms with Gasteiger partial charge in [-0.15, -0.1) is 6.58 Å². The van der Waals surface area contributed by atoms with Gasteiger partial charge < -0.3 is 9.72 Å². The van der Waals surface area contributed by atoms with Gasteiger partial charge in [-0.25, -0.2) is 9.78 Å². The van der Waals surface area contributed by atoms with E-state index in [0.29, 0.717) is 12.2 Å². The third kappa shape index (κ3) is 1.35.